The van der Waals surface area contributed by atoms with Crippen LogP contribution in [-0.2, 0) is 20.9 Å². The molecule has 2 aromatic carbocycles. The second-order valence-electron chi connectivity index (χ2n) is 7.78. The molecule has 1 fully saturated rings. The Labute approximate surface area is 187 Å². The van der Waals surface area contributed by atoms with E-state index < -0.39 is 5.97 Å². The van der Waals surface area contributed by atoms with Crippen LogP contribution < -0.4 is 4.90 Å². The van der Waals surface area contributed by atoms with Crippen molar-refractivity contribution in [1.29, 1.82) is 0 Å². The highest BCUT2D eigenvalue weighted by Crippen LogP contribution is 2.30. The van der Waals surface area contributed by atoms with Crippen molar-refractivity contribution in [3.63, 3.8) is 0 Å². The maximum absolute atomic E-state index is 13.5. The zero-order chi connectivity index (χ0) is 21.5. The Hall–Kier alpha value is -2.40. The molecule has 5 heteroatoms. The Morgan fingerprint density at radius 2 is 1.90 bits per heavy atom. The molecule has 0 aliphatic heterocycles. The van der Waals surface area contributed by atoms with Gasteiger partial charge in [0, 0.05) is 22.2 Å². The molecule has 0 radical (unpaired) electrons. The average molecular weight is 470 g/mol. The minimum Gasteiger partial charge on any atom is -0.466 e. The van der Waals surface area contributed by atoms with Gasteiger partial charge in [0.05, 0.1) is 13.7 Å². The molecule has 4 nitrogen and oxygen atoms in total. The molecular weight excluding hydrogens is 442 g/mol. The van der Waals surface area contributed by atoms with Crippen molar-refractivity contribution in [2.24, 2.45) is 5.92 Å². The van der Waals surface area contributed by atoms with E-state index in [0.29, 0.717) is 6.54 Å². The van der Waals surface area contributed by atoms with Crippen molar-refractivity contribution < 1.29 is 14.3 Å². The first-order valence-corrected chi connectivity index (χ1v) is 11.2. The van der Waals surface area contributed by atoms with Gasteiger partial charge in [-0.3, -0.25) is 4.79 Å². The van der Waals surface area contributed by atoms with Gasteiger partial charge in [-0.15, -0.1) is 0 Å². The third-order valence-electron chi connectivity index (χ3n) is 5.65. The first kappa shape index (κ1) is 22.3. The minimum atomic E-state index is -0.402. The number of anilines is 1. The highest BCUT2D eigenvalue weighted by molar-refractivity contribution is 9.10. The fraction of sp³-hybridized carbons (Fsp3) is 0.360. The van der Waals surface area contributed by atoms with E-state index in [-0.39, 0.29) is 11.8 Å². The summed E-state index contributed by atoms with van der Waals surface area (Å²) in [7, 11) is 1.36. The number of carbonyl (C=O) groups excluding carboxylic acids is 2. The third-order valence-corrected chi connectivity index (χ3v) is 6.14. The molecule has 1 aliphatic rings. The predicted molar refractivity (Wildman–Crippen MR) is 124 cm³/mol. The quantitative estimate of drug-likeness (QED) is 0.381. The first-order valence-electron chi connectivity index (χ1n) is 10.4. The van der Waals surface area contributed by atoms with E-state index in [1.165, 1.54) is 19.6 Å². The second kappa shape index (κ2) is 10.6. The van der Waals surface area contributed by atoms with Crippen molar-refractivity contribution in [2.75, 3.05) is 12.0 Å². The van der Waals surface area contributed by atoms with Crippen LogP contribution in [0.1, 0.15) is 48.8 Å². The van der Waals surface area contributed by atoms with Crippen molar-refractivity contribution >= 4 is 39.6 Å². The Balaban J connectivity index is 1.93. The van der Waals surface area contributed by atoms with E-state index in [1.807, 2.05) is 35.2 Å². The number of hydrogen-bond donors (Lipinski definition) is 0. The molecule has 1 amide bonds. The number of amides is 1. The third kappa shape index (κ3) is 5.82. The average Bonchev–Trinajstić information content (AvgIpc) is 2.77. The van der Waals surface area contributed by atoms with E-state index >= 15 is 0 Å². The Morgan fingerprint density at radius 3 is 2.60 bits per heavy atom. The summed E-state index contributed by atoms with van der Waals surface area (Å²) in [6, 6.07) is 13.9. The Morgan fingerprint density at radius 1 is 1.13 bits per heavy atom. The van der Waals surface area contributed by atoms with Crippen molar-refractivity contribution in [1.82, 2.24) is 0 Å². The number of esters is 1. The lowest BCUT2D eigenvalue weighted by molar-refractivity contribution is -0.134. The summed E-state index contributed by atoms with van der Waals surface area (Å²) in [4.78, 5) is 26.9. The van der Waals surface area contributed by atoms with E-state index in [4.69, 9.17) is 0 Å². The Bertz CT molecular complexity index is 932. The van der Waals surface area contributed by atoms with Gasteiger partial charge in [0.25, 0.3) is 0 Å². The number of aryl methyl sites for hydroxylation is 1. The molecule has 2 aromatic rings. The number of halogens is 1. The van der Waals surface area contributed by atoms with Gasteiger partial charge in [-0.25, -0.2) is 4.79 Å². The fourth-order valence-electron chi connectivity index (χ4n) is 3.90. The minimum absolute atomic E-state index is 0.0729. The van der Waals surface area contributed by atoms with Gasteiger partial charge >= 0.3 is 5.97 Å². The summed E-state index contributed by atoms with van der Waals surface area (Å²) in [5.41, 5.74) is 3.97. The van der Waals surface area contributed by atoms with Crippen LogP contribution in [0.2, 0.25) is 0 Å². The van der Waals surface area contributed by atoms with Gasteiger partial charge in [0.15, 0.2) is 0 Å². The largest absolute Gasteiger partial charge is 0.466 e. The lowest BCUT2D eigenvalue weighted by Crippen LogP contribution is -2.37. The van der Waals surface area contributed by atoms with E-state index in [1.54, 1.807) is 6.08 Å². The smallest absolute Gasteiger partial charge is 0.330 e. The van der Waals surface area contributed by atoms with E-state index in [2.05, 4.69) is 39.7 Å². The molecule has 3 rings (SSSR count). The van der Waals surface area contributed by atoms with E-state index in [9.17, 15) is 9.59 Å². The van der Waals surface area contributed by atoms with Crippen molar-refractivity contribution in [3.05, 3.63) is 69.7 Å². The number of methoxy groups -OCH3 is 1. The summed E-state index contributed by atoms with van der Waals surface area (Å²) < 4.78 is 5.71. The summed E-state index contributed by atoms with van der Waals surface area (Å²) in [6.45, 7) is 2.59. The fourth-order valence-corrected chi connectivity index (χ4v) is 4.38. The molecule has 0 bridgehead atoms. The van der Waals surface area contributed by atoms with Crippen LogP contribution in [0, 0.1) is 12.8 Å². The molecule has 0 aromatic heterocycles. The van der Waals surface area contributed by atoms with Crippen LogP contribution in [0.15, 0.2) is 53.0 Å². The molecule has 0 spiro atoms. The number of carbonyl (C=O) groups is 2. The van der Waals surface area contributed by atoms with Gasteiger partial charge in [-0.1, -0.05) is 53.4 Å². The monoisotopic (exact) mass is 469 g/mol. The lowest BCUT2D eigenvalue weighted by atomic mass is 9.88. The van der Waals surface area contributed by atoms with Crippen molar-refractivity contribution in [2.45, 2.75) is 45.6 Å². The molecule has 1 saturated carbocycles. The molecule has 0 atom stereocenters. The predicted octanol–water partition coefficient (Wildman–Crippen LogP) is 6.06. The lowest BCUT2D eigenvalue weighted by Gasteiger charge is -2.30. The zero-order valence-corrected chi connectivity index (χ0v) is 19.2. The maximum Gasteiger partial charge on any atom is 0.330 e. The molecule has 0 saturated heterocycles. The van der Waals surface area contributed by atoms with Crippen LogP contribution in [0.25, 0.3) is 6.08 Å². The highest BCUT2D eigenvalue weighted by Gasteiger charge is 2.27. The standard InChI is InChI=1S/C25H28BrNO3/c1-18-15-22(26)13-12-21(18)17-27(25(29)20-8-4-3-5-9-20)23-10-6-7-19(16-23)11-14-24(28)30-2/h6-7,10-16,20H,3-5,8-9,17H2,1-2H3/b14-11+. The van der Waals surface area contributed by atoms with Gasteiger partial charge in [-0.2, -0.15) is 0 Å². The van der Waals surface area contributed by atoms with Crippen LogP contribution in [0.5, 0.6) is 0 Å². The summed E-state index contributed by atoms with van der Waals surface area (Å²) in [6.07, 6.45) is 8.46. The first-order chi connectivity index (χ1) is 14.5. The van der Waals surface area contributed by atoms with Gasteiger partial charge < -0.3 is 9.64 Å². The van der Waals surface area contributed by atoms with Crippen LogP contribution in [0.3, 0.4) is 0 Å². The van der Waals surface area contributed by atoms with Crippen LogP contribution >= 0.6 is 15.9 Å². The summed E-state index contributed by atoms with van der Waals surface area (Å²) in [5.74, 6) is -0.143. The molecule has 30 heavy (non-hydrogen) atoms. The Kier molecular flexibility index (Phi) is 7.86. The molecule has 0 N–H and O–H groups in total. The van der Waals surface area contributed by atoms with E-state index in [0.717, 1.165) is 52.5 Å². The van der Waals surface area contributed by atoms with Gasteiger partial charge in [-0.05, 0) is 66.8 Å². The van der Waals surface area contributed by atoms with Gasteiger partial charge in [0.2, 0.25) is 5.91 Å². The number of hydrogen-bond acceptors (Lipinski definition) is 3. The number of benzene rings is 2. The number of ether oxygens (including phenoxy) is 1. The summed E-state index contributed by atoms with van der Waals surface area (Å²) >= 11 is 3.52. The topological polar surface area (TPSA) is 46.6 Å². The molecule has 0 heterocycles. The second-order valence-corrected chi connectivity index (χ2v) is 8.70. The summed E-state index contributed by atoms with van der Waals surface area (Å²) in [5, 5.41) is 0. The highest BCUT2D eigenvalue weighted by atomic mass is 79.9. The molecule has 1 aliphatic carbocycles. The maximum atomic E-state index is 13.5. The van der Waals surface area contributed by atoms with Crippen LogP contribution in [0.4, 0.5) is 5.69 Å². The molecular formula is C25H28BrNO3. The molecule has 0 unspecified atom stereocenters. The van der Waals surface area contributed by atoms with Crippen LogP contribution in [-0.4, -0.2) is 19.0 Å². The molecule has 158 valence electrons. The number of rotatable bonds is 6. The zero-order valence-electron chi connectivity index (χ0n) is 17.6. The van der Waals surface area contributed by atoms with Crippen molar-refractivity contribution in [3.8, 4) is 0 Å². The SMILES string of the molecule is COC(=O)/C=C/c1cccc(N(Cc2ccc(Br)cc2C)C(=O)C2CCCCC2)c1. The van der Waals surface area contributed by atoms with Gasteiger partial charge in [0.1, 0.15) is 0 Å². The number of nitrogens with zero attached hydrogens (tertiary/aromatic N) is 1. The normalized spacial score (nSPS) is 14.6.